The zero-order valence-electron chi connectivity index (χ0n) is 6.59. The van der Waals surface area contributed by atoms with E-state index in [-0.39, 0.29) is 6.04 Å². The highest BCUT2D eigenvalue weighted by Gasteiger charge is 2.46. The van der Waals surface area contributed by atoms with Crippen LogP contribution in [0.15, 0.2) is 0 Å². The van der Waals surface area contributed by atoms with Gasteiger partial charge in [-0.15, -0.1) is 0 Å². The van der Waals surface area contributed by atoms with E-state index in [0.717, 1.165) is 0 Å². The standard InChI is InChI=1S/C8H12INO/c1-10-6-3-2-5(4-6)7(10)8(9)11/h5-7H,2-4H2,1H3/t5-,6?,7-/m0/s1. The lowest BCUT2D eigenvalue weighted by atomic mass is 10.0. The minimum Gasteiger partial charge on any atom is -0.293 e. The van der Waals surface area contributed by atoms with Crippen molar-refractivity contribution in [2.45, 2.75) is 31.3 Å². The second kappa shape index (κ2) is 2.69. The summed E-state index contributed by atoms with van der Waals surface area (Å²) in [6.07, 6.45) is 3.84. The average Bonchev–Trinajstić information content (AvgIpc) is 2.44. The second-order valence-corrected chi connectivity index (χ2v) is 4.70. The summed E-state index contributed by atoms with van der Waals surface area (Å²) >= 11 is 1.94. The van der Waals surface area contributed by atoms with Gasteiger partial charge in [0.25, 0.3) is 0 Å². The molecule has 2 rings (SSSR count). The van der Waals surface area contributed by atoms with Crippen molar-refractivity contribution in [1.82, 2.24) is 4.90 Å². The van der Waals surface area contributed by atoms with Gasteiger partial charge in [0.1, 0.15) is 0 Å². The van der Waals surface area contributed by atoms with E-state index in [1.807, 2.05) is 22.6 Å². The Kier molecular flexibility index (Phi) is 1.95. The maximum atomic E-state index is 11.2. The third-order valence-electron chi connectivity index (χ3n) is 3.14. The molecular formula is C8H12INO. The van der Waals surface area contributed by atoms with Gasteiger partial charge in [-0.25, -0.2) is 0 Å². The predicted molar refractivity (Wildman–Crippen MR) is 51.7 cm³/mol. The van der Waals surface area contributed by atoms with Crippen LogP contribution in [0.1, 0.15) is 19.3 Å². The maximum Gasteiger partial charge on any atom is 0.209 e. The van der Waals surface area contributed by atoms with Gasteiger partial charge in [0.2, 0.25) is 3.79 Å². The average molecular weight is 265 g/mol. The monoisotopic (exact) mass is 265 g/mol. The molecule has 3 heteroatoms. The number of nitrogens with zero attached hydrogens (tertiary/aromatic N) is 1. The molecule has 0 spiro atoms. The zero-order valence-corrected chi connectivity index (χ0v) is 8.74. The van der Waals surface area contributed by atoms with Crippen LogP contribution in [-0.4, -0.2) is 27.8 Å². The van der Waals surface area contributed by atoms with Crippen molar-refractivity contribution in [3.8, 4) is 0 Å². The molecule has 1 saturated heterocycles. The molecule has 2 fully saturated rings. The number of halogens is 1. The van der Waals surface area contributed by atoms with Gasteiger partial charge >= 0.3 is 0 Å². The van der Waals surface area contributed by atoms with E-state index < -0.39 is 0 Å². The topological polar surface area (TPSA) is 20.3 Å². The van der Waals surface area contributed by atoms with Gasteiger partial charge in [-0.3, -0.25) is 9.69 Å². The fourth-order valence-corrected chi connectivity index (χ4v) is 3.50. The van der Waals surface area contributed by atoms with E-state index >= 15 is 0 Å². The number of piperidine rings is 1. The first-order chi connectivity index (χ1) is 5.20. The Morgan fingerprint density at radius 3 is 2.64 bits per heavy atom. The zero-order chi connectivity index (χ0) is 8.01. The fraction of sp³-hybridized carbons (Fsp3) is 0.875. The van der Waals surface area contributed by atoms with Gasteiger partial charge in [0, 0.05) is 28.6 Å². The Morgan fingerprint density at radius 2 is 2.27 bits per heavy atom. The lowest BCUT2D eigenvalue weighted by Crippen LogP contribution is -2.41. The van der Waals surface area contributed by atoms with Crippen molar-refractivity contribution in [1.29, 1.82) is 0 Å². The Bertz CT molecular complexity index is 193. The molecule has 1 aliphatic heterocycles. The molecule has 11 heavy (non-hydrogen) atoms. The second-order valence-electron chi connectivity index (χ2n) is 3.64. The van der Waals surface area contributed by atoms with E-state index in [1.54, 1.807) is 0 Å². The Hall–Kier alpha value is 0.360. The molecule has 62 valence electrons. The highest BCUT2D eigenvalue weighted by molar-refractivity contribution is 14.1. The third kappa shape index (κ3) is 1.13. The molecular weight excluding hydrogens is 253 g/mol. The van der Waals surface area contributed by atoms with E-state index in [9.17, 15) is 4.79 Å². The molecule has 1 aliphatic carbocycles. The van der Waals surface area contributed by atoms with Crippen molar-refractivity contribution in [3.05, 3.63) is 0 Å². The van der Waals surface area contributed by atoms with Crippen LogP contribution in [0.3, 0.4) is 0 Å². The minimum atomic E-state index is 0.245. The van der Waals surface area contributed by atoms with Crippen molar-refractivity contribution in [2.24, 2.45) is 5.92 Å². The molecule has 0 amide bonds. The molecule has 2 nitrogen and oxygen atoms in total. The number of hydrogen-bond donors (Lipinski definition) is 0. The summed E-state index contributed by atoms with van der Waals surface area (Å²) in [6.45, 7) is 0. The molecule has 1 heterocycles. The highest BCUT2D eigenvalue weighted by Crippen LogP contribution is 2.42. The molecule has 0 aromatic heterocycles. The maximum absolute atomic E-state index is 11.2. The Balaban J connectivity index is 2.17. The Labute approximate surface area is 80.5 Å². The van der Waals surface area contributed by atoms with Crippen LogP contribution < -0.4 is 0 Å². The first-order valence-electron chi connectivity index (χ1n) is 4.11. The van der Waals surface area contributed by atoms with E-state index in [1.165, 1.54) is 19.3 Å². The SMILES string of the molecule is CN1C2CC[C@@H](C2)[C@H]1C(=O)I. The number of rotatable bonds is 1. The number of carbonyl (C=O) groups is 1. The highest BCUT2D eigenvalue weighted by atomic mass is 127. The van der Waals surface area contributed by atoms with Gasteiger partial charge in [0.05, 0.1) is 6.04 Å². The third-order valence-corrected chi connectivity index (χ3v) is 3.78. The summed E-state index contributed by atoms with van der Waals surface area (Å²) in [5.41, 5.74) is 0. The van der Waals surface area contributed by atoms with Crippen LogP contribution in [0.4, 0.5) is 0 Å². The Morgan fingerprint density at radius 1 is 1.55 bits per heavy atom. The fourth-order valence-electron chi connectivity index (χ4n) is 2.55. The van der Waals surface area contributed by atoms with Crippen LogP contribution in [0.25, 0.3) is 0 Å². The first kappa shape index (κ1) is 7.98. The van der Waals surface area contributed by atoms with Gasteiger partial charge < -0.3 is 0 Å². The van der Waals surface area contributed by atoms with Crippen LogP contribution in [0.5, 0.6) is 0 Å². The van der Waals surface area contributed by atoms with E-state index in [0.29, 0.717) is 15.7 Å². The van der Waals surface area contributed by atoms with Crippen molar-refractivity contribution >= 4 is 26.4 Å². The lowest BCUT2D eigenvalue weighted by molar-refractivity contribution is -0.114. The first-order valence-corrected chi connectivity index (χ1v) is 5.19. The van der Waals surface area contributed by atoms with Crippen LogP contribution in [0.2, 0.25) is 0 Å². The smallest absolute Gasteiger partial charge is 0.209 e. The summed E-state index contributed by atoms with van der Waals surface area (Å²) < 4.78 is 0.331. The largest absolute Gasteiger partial charge is 0.293 e. The molecule has 1 saturated carbocycles. The summed E-state index contributed by atoms with van der Waals surface area (Å²) in [6, 6.07) is 0.957. The minimum absolute atomic E-state index is 0.245. The number of hydrogen-bond acceptors (Lipinski definition) is 2. The molecule has 2 bridgehead atoms. The van der Waals surface area contributed by atoms with Gasteiger partial charge in [-0.1, -0.05) is 0 Å². The number of fused-ring (bicyclic) bond motifs is 2. The molecule has 0 aromatic carbocycles. The number of carbonyl (C=O) groups excluding carboxylic acids is 1. The van der Waals surface area contributed by atoms with Crippen molar-refractivity contribution in [3.63, 3.8) is 0 Å². The van der Waals surface area contributed by atoms with Gasteiger partial charge in [-0.2, -0.15) is 0 Å². The number of likely N-dealkylation sites (N-methyl/N-ethyl adjacent to an activating group) is 1. The lowest BCUT2D eigenvalue weighted by Gasteiger charge is -2.29. The quantitative estimate of drug-likeness (QED) is 0.528. The van der Waals surface area contributed by atoms with Crippen LogP contribution >= 0.6 is 22.6 Å². The molecule has 2 aliphatic rings. The van der Waals surface area contributed by atoms with Crippen molar-refractivity contribution in [2.75, 3.05) is 7.05 Å². The van der Waals surface area contributed by atoms with Gasteiger partial charge in [-0.05, 0) is 32.2 Å². The molecule has 1 unspecified atom stereocenters. The molecule has 0 aromatic rings. The number of likely N-dealkylation sites (tertiary alicyclic amines) is 1. The van der Waals surface area contributed by atoms with Crippen LogP contribution in [0, 0.1) is 5.92 Å². The van der Waals surface area contributed by atoms with E-state index in [4.69, 9.17) is 0 Å². The summed E-state index contributed by atoms with van der Waals surface area (Å²) in [5, 5.41) is 0. The summed E-state index contributed by atoms with van der Waals surface area (Å²) in [5.74, 6) is 0.675. The normalized spacial score (nSPS) is 43.3. The van der Waals surface area contributed by atoms with Crippen molar-refractivity contribution < 1.29 is 4.79 Å². The summed E-state index contributed by atoms with van der Waals surface area (Å²) in [4.78, 5) is 13.5. The van der Waals surface area contributed by atoms with Gasteiger partial charge in [0.15, 0.2) is 0 Å². The molecule has 0 radical (unpaired) electrons. The van der Waals surface area contributed by atoms with Crippen LogP contribution in [-0.2, 0) is 4.79 Å². The van der Waals surface area contributed by atoms with E-state index in [2.05, 4.69) is 11.9 Å². The summed E-state index contributed by atoms with van der Waals surface area (Å²) in [7, 11) is 2.09. The predicted octanol–water partition coefficient (Wildman–Crippen LogP) is 1.43. The molecule has 0 N–H and O–H groups in total. The molecule has 3 atom stereocenters.